The number of rotatable bonds is 5. The molecule has 1 aliphatic rings. The summed E-state index contributed by atoms with van der Waals surface area (Å²) in [6.45, 7) is 1.91. The molecule has 2 amide bonds. The fourth-order valence-electron chi connectivity index (χ4n) is 2.59. The van der Waals surface area contributed by atoms with E-state index in [0.29, 0.717) is 17.8 Å². The third-order valence-electron chi connectivity index (χ3n) is 4.08. The maximum Gasteiger partial charge on any atom is 0.319 e. The average molecular weight is 294 g/mol. The first kappa shape index (κ1) is 15.3. The SMILES string of the molecule is Cc1c(F)cccc1NC(=O)NCC1(CC(=O)O)CCC1. The summed E-state index contributed by atoms with van der Waals surface area (Å²) in [6, 6.07) is 4.03. The van der Waals surface area contributed by atoms with Gasteiger partial charge in [-0.3, -0.25) is 4.79 Å². The number of hydrogen-bond donors (Lipinski definition) is 3. The molecule has 0 atom stereocenters. The van der Waals surface area contributed by atoms with Crippen LogP contribution in [-0.2, 0) is 4.79 Å². The molecule has 0 saturated heterocycles. The number of halogens is 1. The van der Waals surface area contributed by atoms with Gasteiger partial charge in [0.2, 0.25) is 0 Å². The van der Waals surface area contributed by atoms with Crippen molar-refractivity contribution in [3.05, 3.63) is 29.6 Å². The molecule has 0 unspecified atom stereocenters. The summed E-state index contributed by atoms with van der Waals surface area (Å²) in [4.78, 5) is 22.7. The fraction of sp³-hybridized carbons (Fsp3) is 0.467. The lowest BCUT2D eigenvalue weighted by atomic mass is 9.66. The van der Waals surface area contributed by atoms with Crippen LogP contribution in [0.3, 0.4) is 0 Å². The van der Waals surface area contributed by atoms with E-state index in [0.717, 1.165) is 19.3 Å². The van der Waals surface area contributed by atoms with E-state index in [2.05, 4.69) is 10.6 Å². The van der Waals surface area contributed by atoms with Crippen LogP contribution in [0.1, 0.15) is 31.2 Å². The maximum absolute atomic E-state index is 13.4. The molecular weight excluding hydrogens is 275 g/mol. The quantitative estimate of drug-likeness (QED) is 0.781. The molecule has 1 aliphatic carbocycles. The predicted octanol–water partition coefficient (Wildman–Crippen LogP) is 2.90. The molecule has 114 valence electrons. The van der Waals surface area contributed by atoms with Crippen LogP contribution in [0.25, 0.3) is 0 Å². The zero-order valence-corrected chi connectivity index (χ0v) is 11.9. The Morgan fingerprint density at radius 1 is 1.38 bits per heavy atom. The number of nitrogens with one attached hydrogen (secondary N) is 2. The van der Waals surface area contributed by atoms with Gasteiger partial charge < -0.3 is 15.7 Å². The summed E-state index contributed by atoms with van der Waals surface area (Å²) in [6.07, 6.45) is 2.66. The lowest BCUT2D eigenvalue weighted by Crippen LogP contribution is -2.44. The first-order valence-corrected chi connectivity index (χ1v) is 6.94. The molecule has 0 spiro atoms. The van der Waals surface area contributed by atoms with Crippen LogP contribution in [0.15, 0.2) is 18.2 Å². The van der Waals surface area contributed by atoms with Crippen LogP contribution >= 0.6 is 0 Å². The lowest BCUT2D eigenvalue weighted by Gasteiger charge is -2.40. The highest BCUT2D eigenvalue weighted by Gasteiger charge is 2.39. The summed E-state index contributed by atoms with van der Waals surface area (Å²) in [5, 5.41) is 14.2. The molecule has 6 heteroatoms. The van der Waals surface area contributed by atoms with Crippen molar-refractivity contribution in [1.82, 2.24) is 5.32 Å². The van der Waals surface area contributed by atoms with Crippen molar-refractivity contribution in [2.45, 2.75) is 32.6 Å². The Balaban J connectivity index is 1.90. The third kappa shape index (κ3) is 3.71. The van der Waals surface area contributed by atoms with Crippen LogP contribution < -0.4 is 10.6 Å². The van der Waals surface area contributed by atoms with Crippen molar-refractivity contribution in [2.75, 3.05) is 11.9 Å². The molecular formula is C15H19FN2O3. The van der Waals surface area contributed by atoms with Gasteiger partial charge in [-0.1, -0.05) is 12.5 Å². The zero-order valence-electron chi connectivity index (χ0n) is 11.9. The summed E-state index contributed by atoms with van der Waals surface area (Å²) < 4.78 is 13.4. The van der Waals surface area contributed by atoms with Crippen molar-refractivity contribution < 1.29 is 19.1 Å². The predicted molar refractivity (Wildman–Crippen MR) is 76.7 cm³/mol. The molecule has 1 aromatic rings. The molecule has 1 aromatic carbocycles. The highest BCUT2D eigenvalue weighted by molar-refractivity contribution is 5.90. The van der Waals surface area contributed by atoms with E-state index in [-0.39, 0.29) is 17.7 Å². The van der Waals surface area contributed by atoms with E-state index < -0.39 is 12.0 Å². The number of carbonyl (C=O) groups excluding carboxylic acids is 1. The summed E-state index contributed by atoms with van der Waals surface area (Å²) >= 11 is 0. The Hall–Kier alpha value is -2.11. The van der Waals surface area contributed by atoms with E-state index in [1.54, 1.807) is 13.0 Å². The second-order valence-corrected chi connectivity index (χ2v) is 5.64. The van der Waals surface area contributed by atoms with Gasteiger partial charge in [-0.2, -0.15) is 0 Å². The summed E-state index contributed by atoms with van der Waals surface area (Å²) in [5.41, 5.74) is 0.449. The Bertz CT molecular complexity index is 556. The molecule has 21 heavy (non-hydrogen) atoms. The van der Waals surface area contributed by atoms with Gasteiger partial charge in [-0.25, -0.2) is 9.18 Å². The van der Waals surface area contributed by atoms with Gasteiger partial charge in [0.1, 0.15) is 5.82 Å². The fourth-order valence-corrected chi connectivity index (χ4v) is 2.59. The number of aliphatic carboxylic acids is 1. The molecule has 3 N–H and O–H groups in total. The second-order valence-electron chi connectivity index (χ2n) is 5.64. The number of carboxylic acids is 1. The number of carboxylic acid groups (broad SMARTS) is 1. The number of carbonyl (C=O) groups is 2. The molecule has 0 heterocycles. The van der Waals surface area contributed by atoms with Crippen molar-refractivity contribution in [3.63, 3.8) is 0 Å². The van der Waals surface area contributed by atoms with Crippen molar-refractivity contribution >= 4 is 17.7 Å². The average Bonchev–Trinajstić information content (AvgIpc) is 2.37. The highest BCUT2D eigenvalue weighted by Crippen LogP contribution is 2.43. The largest absolute Gasteiger partial charge is 0.481 e. The number of anilines is 1. The summed E-state index contributed by atoms with van der Waals surface area (Å²) in [7, 11) is 0. The molecule has 0 radical (unpaired) electrons. The number of benzene rings is 1. The number of urea groups is 1. The standard InChI is InChI=1S/C15H19FN2O3/c1-10-11(16)4-2-5-12(10)18-14(21)17-9-15(6-3-7-15)8-13(19)20/h2,4-5H,3,6-9H2,1H3,(H,19,20)(H2,17,18,21). The van der Waals surface area contributed by atoms with Gasteiger partial charge in [-0.15, -0.1) is 0 Å². The van der Waals surface area contributed by atoms with E-state index in [4.69, 9.17) is 5.11 Å². The highest BCUT2D eigenvalue weighted by atomic mass is 19.1. The molecule has 0 bridgehead atoms. The van der Waals surface area contributed by atoms with E-state index >= 15 is 0 Å². The van der Waals surface area contributed by atoms with E-state index in [1.807, 2.05) is 0 Å². The number of amides is 2. The smallest absolute Gasteiger partial charge is 0.319 e. The van der Waals surface area contributed by atoms with Gasteiger partial charge >= 0.3 is 12.0 Å². The molecule has 0 aliphatic heterocycles. The zero-order chi connectivity index (χ0) is 15.5. The molecule has 5 nitrogen and oxygen atoms in total. The van der Waals surface area contributed by atoms with Crippen LogP contribution in [0.2, 0.25) is 0 Å². The van der Waals surface area contributed by atoms with Crippen LogP contribution in [0.4, 0.5) is 14.9 Å². The first-order chi connectivity index (χ1) is 9.92. The topological polar surface area (TPSA) is 78.4 Å². The molecule has 1 saturated carbocycles. The van der Waals surface area contributed by atoms with Gasteiger partial charge in [0, 0.05) is 17.8 Å². The van der Waals surface area contributed by atoms with Crippen LogP contribution in [-0.4, -0.2) is 23.7 Å². The Morgan fingerprint density at radius 3 is 2.67 bits per heavy atom. The van der Waals surface area contributed by atoms with Gasteiger partial charge in [0.15, 0.2) is 0 Å². The Morgan fingerprint density at radius 2 is 2.10 bits per heavy atom. The van der Waals surface area contributed by atoms with Crippen molar-refractivity contribution in [1.29, 1.82) is 0 Å². The second kappa shape index (κ2) is 6.11. The first-order valence-electron chi connectivity index (χ1n) is 6.94. The van der Waals surface area contributed by atoms with E-state index in [9.17, 15) is 14.0 Å². The Labute approximate surface area is 122 Å². The van der Waals surface area contributed by atoms with Crippen molar-refractivity contribution in [2.24, 2.45) is 5.41 Å². The minimum atomic E-state index is -0.849. The lowest BCUT2D eigenvalue weighted by molar-refractivity contribution is -0.141. The normalized spacial score (nSPS) is 15.9. The van der Waals surface area contributed by atoms with Gasteiger partial charge in [0.25, 0.3) is 0 Å². The van der Waals surface area contributed by atoms with Crippen molar-refractivity contribution in [3.8, 4) is 0 Å². The minimum Gasteiger partial charge on any atom is -0.481 e. The number of hydrogen-bond acceptors (Lipinski definition) is 2. The van der Waals surface area contributed by atoms with Crippen LogP contribution in [0.5, 0.6) is 0 Å². The molecule has 0 aromatic heterocycles. The maximum atomic E-state index is 13.4. The van der Waals surface area contributed by atoms with E-state index in [1.165, 1.54) is 12.1 Å². The molecule has 2 rings (SSSR count). The van der Waals surface area contributed by atoms with Gasteiger partial charge in [0.05, 0.1) is 6.42 Å². The summed E-state index contributed by atoms with van der Waals surface area (Å²) in [5.74, 6) is -1.23. The monoisotopic (exact) mass is 294 g/mol. The van der Waals surface area contributed by atoms with Crippen LogP contribution in [0, 0.1) is 18.2 Å². The Kier molecular flexibility index (Phi) is 4.45. The molecule has 1 fully saturated rings. The third-order valence-corrected chi connectivity index (χ3v) is 4.08. The minimum absolute atomic E-state index is 0.0618. The van der Waals surface area contributed by atoms with Gasteiger partial charge in [-0.05, 0) is 37.3 Å².